The Morgan fingerprint density at radius 2 is 1.65 bits per heavy atom. The SMILES string of the molecule is C[C@@]1(Cc2ccc(Br)cc2)C(=O)N(c2cc(Cl)cc(Cl)c2)c2ncc(S(=O)(=O)N3CCN(C(=O)c4cc5ccccc5o4)CC3)n21. The summed E-state index contributed by atoms with van der Waals surface area (Å²) in [5, 5.41) is 1.33. The van der Waals surface area contributed by atoms with Gasteiger partial charge in [-0.2, -0.15) is 4.31 Å². The number of amides is 2. The van der Waals surface area contributed by atoms with E-state index in [0.29, 0.717) is 21.3 Å². The molecule has 1 atom stereocenters. The summed E-state index contributed by atoms with van der Waals surface area (Å²) in [6, 6.07) is 21.3. The van der Waals surface area contributed by atoms with Crippen molar-refractivity contribution in [3.63, 3.8) is 0 Å². The van der Waals surface area contributed by atoms with Gasteiger partial charge in [-0.1, -0.05) is 69.5 Å². The van der Waals surface area contributed by atoms with Crippen LogP contribution in [0.5, 0.6) is 0 Å². The van der Waals surface area contributed by atoms with Gasteiger partial charge in [0, 0.05) is 52.5 Å². The van der Waals surface area contributed by atoms with E-state index < -0.39 is 15.6 Å². The van der Waals surface area contributed by atoms with Crippen LogP contribution in [-0.4, -0.2) is 65.2 Å². The number of fused-ring (bicyclic) bond motifs is 2. The largest absolute Gasteiger partial charge is 0.451 e. The van der Waals surface area contributed by atoms with Gasteiger partial charge in [0.25, 0.3) is 21.8 Å². The number of rotatable bonds is 6. The molecule has 0 unspecified atom stereocenters. The van der Waals surface area contributed by atoms with Crippen LogP contribution in [0.2, 0.25) is 10.0 Å². The lowest BCUT2D eigenvalue weighted by molar-refractivity contribution is -0.124. The second-order valence-corrected chi connectivity index (χ2v) is 15.1. The van der Waals surface area contributed by atoms with Crippen LogP contribution in [0.3, 0.4) is 0 Å². The van der Waals surface area contributed by atoms with Crippen molar-refractivity contribution in [2.24, 2.45) is 0 Å². The van der Waals surface area contributed by atoms with Crippen molar-refractivity contribution >= 4 is 83.6 Å². The van der Waals surface area contributed by atoms with E-state index in [1.165, 1.54) is 20.0 Å². The molecule has 2 aliphatic rings. The Hall–Kier alpha value is -3.68. The summed E-state index contributed by atoms with van der Waals surface area (Å²) < 4.78 is 38.0. The lowest BCUT2D eigenvalue weighted by Gasteiger charge is -2.34. The maximum atomic E-state index is 14.3. The zero-order chi connectivity index (χ0) is 32.4. The number of anilines is 2. The highest BCUT2D eigenvalue weighted by atomic mass is 79.9. The van der Waals surface area contributed by atoms with E-state index in [2.05, 4.69) is 20.9 Å². The van der Waals surface area contributed by atoms with Gasteiger partial charge in [0.05, 0.1) is 11.9 Å². The smallest absolute Gasteiger partial charge is 0.289 e. The Morgan fingerprint density at radius 3 is 2.33 bits per heavy atom. The Labute approximate surface area is 283 Å². The predicted molar refractivity (Wildman–Crippen MR) is 178 cm³/mol. The highest BCUT2D eigenvalue weighted by Crippen LogP contribution is 2.45. The summed E-state index contributed by atoms with van der Waals surface area (Å²) >= 11 is 16.0. The van der Waals surface area contributed by atoms with Crippen molar-refractivity contribution in [1.82, 2.24) is 18.8 Å². The number of carbonyl (C=O) groups is 2. The van der Waals surface area contributed by atoms with Gasteiger partial charge < -0.3 is 9.32 Å². The molecule has 3 aromatic carbocycles. The molecule has 0 spiro atoms. The molecule has 0 radical (unpaired) electrons. The van der Waals surface area contributed by atoms with Crippen LogP contribution in [-0.2, 0) is 26.8 Å². The standard InChI is InChI=1S/C32H26BrCl2N5O5S/c1-32(18-20-6-8-22(33)9-7-20)30(42)39(25-16-23(34)15-24(35)17-25)31-36-19-28(40(31)32)46(43,44)38-12-10-37(11-13-38)29(41)27-14-21-4-2-3-5-26(21)45-27/h2-9,14-17,19H,10-13,18H2,1H3/t32-/m1/s1. The maximum absolute atomic E-state index is 14.3. The number of para-hydroxylation sites is 1. The van der Waals surface area contributed by atoms with E-state index >= 15 is 0 Å². The van der Waals surface area contributed by atoms with Crippen molar-refractivity contribution in [2.75, 3.05) is 31.1 Å². The molecule has 2 aromatic heterocycles. The van der Waals surface area contributed by atoms with Crippen LogP contribution in [0, 0.1) is 0 Å². The molecule has 5 aromatic rings. The summed E-state index contributed by atoms with van der Waals surface area (Å²) in [5.74, 6) is -0.341. The summed E-state index contributed by atoms with van der Waals surface area (Å²) in [6.45, 7) is 2.15. The number of nitrogens with zero attached hydrogens (tertiary/aromatic N) is 5. The molecule has 4 heterocycles. The number of imidazole rings is 1. The lowest BCUT2D eigenvalue weighted by atomic mass is 9.92. The average Bonchev–Trinajstić information content (AvgIpc) is 3.72. The Bertz CT molecular complexity index is 2070. The molecule has 1 fully saturated rings. The molecule has 2 aliphatic heterocycles. The van der Waals surface area contributed by atoms with Crippen molar-refractivity contribution in [3.05, 3.63) is 105 Å². The zero-order valence-electron chi connectivity index (χ0n) is 24.4. The number of benzene rings is 3. The van der Waals surface area contributed by atoms with Crippen LogP contribution in [0.15, 0.2) is 92.9 Å². The minimum absolute atomic E-state index is 0.0554. The maximum Gasteiger partial charge on any atom is 0.289 e. The number of aromatic nitrogens is 2. The third kappa shape index (κ3) is 5.22. The predicted octanol–water partition coefficient (Wildman–Crippen LogP) is 6.48. The summed E-state index contributed by atoms with van der Waals surface area (Å²) in [5.41, 5.74) is 0.438. The number of sulfonamides is 1. The van der Waals surface area contributed by atoms with Gasteiger partial charge in [0.15, 0.2) is 10.8 Å². The van der Waals surface area contributed by atoms with Crippen LogP contribution >= 0.6 is 39.1 Å². The third-order valence-electron chi connectivity index (χ3n) is 8.40. The van der Waals surface area contributed by atoms with Gasteiger partial charge in [0.1, 0.15) is 11.1 Å². The Kier molecular flexibility index (Phi) is 7.76. The number of furan rings is 1. The molecule has 0 bridgehead atoms. The van der Waals surface area contributed by atoms with E-state index in [9.17, 15) is 18.0 Å². The molecule has 0 saturated carbocycles. The molecule has 1 saturated heterocycles. The number of carbonyl (C=O) groups excluding carboxylic acids is 2. The quantitative estimate of drug-likeness (QED) is 0.197. The van der Waals surface area contributed by atoms with Gasteiger partial charge in [-0.15, -0.1) is 0 Å². The van der Waals surface area contributed by atoms with Gasteiger partial charge in [0.2, 0.25) is 5.95 Å². The fourth-order valence-electron chi connectivity index (χ4n) is 6.12. The van der Waals surface area contributed by atoms with Gasteiger partial charge in [-0.25, -0.2) is 18.3 Å². The second kappa shape index (κ2) is 11.5. The average molecular weight is 743 g/mol. The fourth-order valence-corrected chi connectivity index (χ4v) is 8.51. The topological polar surface area (TPSA) is 109 Å². The van der Waals surface area contributed by atoms with Crippen LogP contribution in [0.1, 0.15) is 23.0 Å². The van der Waals surface area contributed by atoms with Gasteiger partial charge in [-0.05, 0) is 55.0 Å². The first-order chi connectivity index (χ1) is 22.0. The van der Waals surface area contributed by atoms with E-state index in [-0.39, 0.29) is 61.1 Å². The highest BCUT2D eigenvalue weighted by molar-refractivity contribution is 9.10. The monoisotopic (exact) mass is 741 g/mol. The van der Waals surface area contributed by atoms with Crippen molar-refractivity contribution in [3.8, 4) is 0 Å². The van der Waals surface area contributed by atoms with Crippen LogP contribution < -0.4 is 4.90 Å². The molecule has 0 aliphatic carbocycles. The van der Waals surface area contributed by atoms with Gasteiger partial charge >= 0.3 is 0 Å². The minimum atomic E-state index is -4.16. The zero-order valence-corrected chi connectivity index (χ0v) is 28.3. The van der Waals surface area contributed by atoms with Crippen molar-refractivity contribution < 1.29 is 22.4 Å². The van der Waals surface area contributed by atoms with Crippen molar-refractivity contribution in [2.45, 2.75) is 23.9 Å². The molecule has 10 nitrogen and oxygen atoms in total. The summed E-state index contributed by atoms with van der Waals surface area (Å²) in [6.07, 6.45) is 1.47. The number of halogens is 3. The molecule has 2 amide bonds. The molecule has 0 N–H and O–H groups in total. The normalized spacial score (nSPS) is 18.8. The van der Waals surface area contributed by atoms with Gasteiger partial charge in [-0.3, -0.25) is 14.2 Å². The number of piperazine rings is 1. The number of hydrogen-bond acceptors (Lipinski definition) is 6. The van der Waals surface area contributed by atoms with Crippen LogP contribution in [0.4, 0.5) is 11.6 Å². The lowest BCUT2D eigenvalue weighted by Crippen LogP contribution is -2.51. The molecule has 46 heavy (non-hydrogen) atoms. The summed E-state index contributed by atoms with van der Waals surface area (Å²) in [4.78, 5) is 35.0. The second-order valence-electron chi connectivity index (χ2n) is 11.4. The Morgan fingerprint density at radius 1 is 0.978 bits per heavy atom. The summed E-state index contributed by atoms with van der Waals surface area (Å²) in [7, 11) is -4.16. The highest BCUT2D eigenvalue weighted by Gasteiger charge is 2.52. The Balaban J connectivity index is 1.21. The molecule has 7 rings (SSSR count). The van der Waals surface area contributed by atoms with E-state index in [0.717, 1.165) is 15.4 Å². The number of hydrogen-bond donors (Lipinski definition) is 0. The van der Waals surface area contributed by atoms with E-state index in [1.54, 1.807) is 42.2 Å². The van der Waals surface area contributed by atoms with Crippen LogP contribution in [0.25, 0.3) is 11.0 Å². The molecule has 14 heteroatoms. The molecule has 236 valence electrons. The van der Waals surface area contributed by atoms with E-state index in [4.69, 9.17) is 27.6 Å². The third-order valence-corrected chi connectivity index (χ3v) is 11.2. The molecular weight excluding hydrogens is 717 g/mol. The van der Waals surface area contributed by atoms with E-state index in [1.807, 2.05) is 42.5 Å². The minimum Gasteiger partial charge on any atom is -0.451 e. The first kappa shape index (κ1) is 30.9. The fraction of sp³-hybridized carbons (Fsp3) is 0.219. The van der Waals surface area contributed by atoms with Crippen molar-refractivity contribution in [1.29, 1.82) is 0 Å². The first-order valence-corrected chi connectivity index (χ1v) is 17.4. The first-order valence-electron chi connectivity index (χ1n) is 14.4. The molecular formula is C32H26BrCl2N5O5S.